The van der Waals surface area contributed by atoms with E-state index in [1.54, 1.807) is 0 Å². The fourth-order valence-electron chi connectivity index (χ4n) is 4.41. The summed E-state index contributed by atoms with van der Waals surface area (Å²) in [4.78, 5) is 7.11. The van der Waals surface area contributed by atoms with Gasteiger partial charge in [-0.2, -0.15) is 0 Å². The van der Waals surface area contributed by atoms with Gasteiger partial charge in [-0.25, -0.2) is 4.98 Å². The topological polar surface area (TPSA) is 28.2 Å². The van der Waals surface area contributed by atoms with E-state index in [0.29, 0.717) is 0 Å². The zero-order valence-corrected chi connectivity index (χ0v) is 16.6. The van der Waals surface area contributed by atoms with Gasteiger partial charge in [0.05, 0.1) is 0 Å². The second-order valence-electron chi connectivity index (χ2n) is 9.17. The summed E-state index contributed by atoms with van der Waals surface area (Å²) in [6.07, 6.45) is 4.55. The highest BCUT2D eigenvalue weighted by Crippen LogP contribution is 2.46. The number of nitrogens with zero attached hydrogens (tertiary/aromatic N) is 2. The van der Waals surface area contributed by atoms with Gasteiger partial charge in [-0.15, -0.1) is 0 Å². The molecule has 3 nitrogen and oxygen atoms in total. The summed E-state index contributed by atoms with van der Waals surface area (Å²) in [7, 11) is 0. The lowest BCUT2D eigenvalue weighted by Gasteiger charge is -2.42. The Bertz CT molecular complexity index is 784. The van der Waals surface area contributed by atoms with Crippen molar-refractivity contribution in [1.82, 2.24) is 10.3 Å². The van der Waals surface area contributed by atoms with E-state index in [1.165, 1.54) is 35.1 Å². The van der Waals surface area contributed by atoms with Crippen LogP contribution in [0.1, 0.15) is 51.7 Å². The molecule has 4 rings (SSSR count). The number of fused-ring (bicyclic) bond motifs is 1. The summed E-state index contributed by atoms with van der Waals surface area (Å²) in [6.45, 7) is 13.7. The van der Waals surface area contributed by atoms with E-state index in [4.69, 9.17) is 4.98 Å². The number of anilines is 1. The Labute approximate surface area is 157 Å². The lowest BCUT2D eigenvalue weighted by molar-refractivity contribution is 0.332. The van der Waals surface area contributed by atoms with E-state index in [-0.39, 0.29) is 10.8 Å². The number of piperazine rings is 1. The Morgan fingerprint density at radius 1 is 0.846 bits per heavy atom. The van der Waals surface area contributed by atoms with Gasteiger partial charge >= 0.3 is 0 Å². The molecule has 1 aromatic carbocycles. The third-order valence-corrected chi connectivity index (χ3v) is 6.38. The van der Waals surface area contributed by atoms with Crippen LogP contribution >= 0.6 is 0 Å². The van der Waals surface area contributed by atoms with Gasteiger partial charge in [-0.05, 0) is 52.5 Å². The molecule has 0 amide bonds. The van der Waals surface area contributed by atoms with Crippen LogP contribution in [-0.4, -0.2) is 31.2 Å². The van der Waals surface area contributed by atoms with Crippen LogP contribution in [0, 0.1) is 0 Å². The molecule has 2 heterocycles. The molecule has 2 aromatic rings. The van der Waals surface area contributed by atoms with Crippen molar-refractivity contribution in [3.63, 3.8) is 0 Å². The molecule has 0 unspecified atom stereocenters. The largest absolute Gasteiger partial charge is 0.354 e. The molecule has 1 saturated heterocycles. The average Bonchev–Trinajstić information content (AvgIpc) is 2.66. The van der Waals surface area contributed by atoms with Crippen LogP contribution in [0.4, 0.5) is 5.82 Å². The van der Waals surface area contributed by atoms with Gasteiger partial charge in [0, 0.05) is 37.9 Å². The average molecular weight is 350 g/mol. The minimum absolute atomic E-state index is 0.245. The van der Waals surface area contributed by atoms with Crippen LogP contribution in [0.3, 0.4) is 0 Å². The maximum atomic E-state index is 4.75. The first-order valence-corrected chi connectivity index (χ1v) is 9.94. The van der Waals surface area contributed by atoms with Crippen molar-refractivity contribution in [2.45, 2.75) is 51.4 Å². The predicted octanol–water partition coefficient (Wildman–Crippen LogP) is 4.51. The highest BCUT2D eigenvalue weighted by molar-refractivity contribution is 5.66. The van der Waals surface area contributed by atoms with E-state index in [2.05, 4.69) is 68.2 Å². The second kappa shape index (κ2) is 6.38. The van der Waals surface area contributed by atoms with Gasteiger partial charge in [-0.1, -0.05) is 45.9 Å². The fourth-order valence-corrected chi connectivity index (χ4v) is 4.41. The maximum absolute atomic E-state index is 4.75. The first-order valence-electron chi connectivity index (χ1n) is 9.94. The molecule has 2 aliphatic rings. The van der Waals surface area contributed by atoms with Crippen LogP contribution in [0.2, 0.25) is 0 Å². The van der Waals surface area contributed by atoms with E-state index in [9.17, 15) is 0 Å². The molecule has 26 heavy (non-hydrogen) atoms. The van der Waals surface area contributed by atoms with Crippen molar-refractivity contribution in [1.29, 1.82) is 0 Å². The summed E-state index contributed by atoms with van der Waals surface area (Å²) >= 11 is 0. The zero-order valence-electron chi connectivity index (χ0n) is 16.6. The van der Waals surface area contributed by atoms with Gasteiger partial charge in [0.1, 0.15) is 5.82 Å². The molecular formula is C23H31N3. The molecule has 1 aliphatic carbocycles. The van der Waals surface area contributed by atoms with Crippen molar-refractivity contribution in [2.24, 2.45) is 0 Å². The number of pyridine rings is 1. The smallest absolute Gasteiger partial charge is 0.128 e. The van der Waals surface area contributed by atoms with E-state index in [0.717, 1.165) is 32.0 Å². The third kappa shape index (κ3) is 3.14. The monoisotopic (exact) mass is 349 g/mol. The number of aromatic nitrogens is 1. The Morgan fingerprint density at radius 2 is 1.50 bits per heavy atom. The van der Waals surface area contributed by atoms with E-state index in [1.807, 2.05) is 6.20 Å². The Morgan fingerprint density at radius 3 is 2.15 bits per heavy atom. The number of rotatable bonds is 2. The Hall–Kier alpha value is -1.87. The molecule has 0 radical (unpaired) electrons. The molecule has 0 bridgehead atoms. The lowest BCUT2D eigenvalue weighted by atomic mass is 9.63. The Balaban J connectivity index is 1.66. The van der Waals surface area contributed by atoms with Crippen molar-refractivity contribution in [3.8, 4) is 11.1 Å². The SMILES string of the molecule is CC1(C)CCC(C)(C)c2cc(-c3ccc(N4CCNCC4)nc3)ccc21. The van der Waals surface area contributed by atoms with E-state index < -0.39 is 0 Å². The summed E-state index contributed by atoms with van der Waals surface area (Å²) in [6, 6.07) is 11.5. The standard InChI is InChI=1S/C23H31N3/c1-22(2)9-10-23(3,4)20-15-17(5-7-19(20)22)18-6-8-21(25-16-18)26-13-11-24-12-14-26/h5-8,15-16,24H,9-14H2,1-4H3. The minimum atomic E-state index is 0.245. The maximum Gasteiger partial charge on any atom is 0.128 e. The number of nitrogens with one attached hydrogen (secondary N) is 1. The normalized spacial score (nSPS) is 21.3. The number of benzene rings is 1. The van der Waals surface area contributed by atoms with Crippen molar-refractivity contribution in [2.75, 3.05) is 31.1 Å². The quantitative estimate of drug-likeness (QED) is 0.865. The highest BCUT2D eigenvalue weighted by Gasteiger charge is 2.36. The molecule has 138 valence electrons. The van der Waals surface area contributed by atoms with Crippen LogP contribution in [0.5, 0.6) is 0 Å². The zero-order chi connectivity index (χ0) is 18.4. The van der Waals surface area contributed by atoms with Crippen molar-refractivity contribution in [3.05, 3.63) is 47.7 Å². The first-order chi connectivity index (χ1) is 12.4. The molecule has 0 saturated carbocycles. The van der Waals surface area contributed by atoms with Crippen molar-refractivity contribution >= 4 is 5.82 Å². The minimum Gasteiger partial charge on any atom is -0.354 e. The van der Waals surface area contributed by atoms with Crippen LogP contribution in [-0.2, 0) is 10.8 Å². The van der Waals surface area contributed by atoms with Crippen LogP contribution < -0.4 is 10.2 Å². The predicted molar refractivity (Wildman–Crippen MR) is 110 cm³/mol. The lowest BCUT2D eigenvalue weighted by Crippen LogP contribution is -2.43. The molecule has 3 heteroatoms. The molecule has 0 atom stereocenters. The molecule has 1 aromatic heterocycles. The molecule has 0 spiro atoms. The fraction of sp³-hybridized carbons (Fsp3) is 0.522. The molecule has 1 N–H and O–H groups in total. The van der Waals surface area contributed by atoms with Crippen LogP contribution in [0.15, 0.2) is 36.5 Å². The van der Waals surface area contributed by atoms with Gasteiger partial charge < -0.3 is 10.2 Å². The van der Waals surface area contributed by atoms with Crippen LogP contribution in [0.25, 0.3) is 11.1 Å². The van der Waals surface area contributed by atoms with E-state index >= 15 is 0 Å². The molecule has 1 fully saturated rings. The summed E-state index contributed by atoms with van der Waals surface area (Å²) in [5, 5.41) is 3.40. The second-order valence-corrected chi connectivity index (χ2v) is 9.17. The number of hydrogen-bond acceptors (Lipinski definition) is 3. The number of hydrogen-bond donors (Lipinski definition) is 1. The van der Waals surface area contributed by atoms with Gasteiger partial charge in [-0.3, -0.25) is 0 Å². The van der Waals surface area contributed by atoms with Gasteiger partial charge in [0.25, 0.3) is 0 Å². The van der Waals surface area contributed by atoms with Crippen molar-refractivity contribution < 1.29 is 0 Å². The summed E-state index contributed by atoms with van der Waals surface area (Å²) in [5.41, 5.74) is 6.04. The molecular weight excluding hydrogens is 318 g/mol. The highest BCUT2D eigenvalue weighted by atomic mass is 15.2. The first kappa shape index (κ1) is 17.5. The Kier molecular flexibility index (Phi) is 4.31. The van der Waals surface area contributed by atoms with Gasteiger partial charge in [0.2, 0.25) is 0 Å². The summed E-state index contributed by atoms with van der Waals surface area (Å²) < 4.78 is 0. The summed E-state index contributed by atoms with van der Waals surface area (Å²) in [5.74, 6) is 1.09. The molecule has 1 aliphatic heterocycles. The van der Waals surface area contributed by atoms with Gasteiger partial charge in [0.15, 0.2) is 0 Å². The third-order valence-electron chi connectivity index (χ3n) is 6.38.